The number of thioether (sulfide) groups is 1. The molecule has 2 aromatic carbocycles. The van der Waals surface area contributed by atoms with Gasteiger partial charge in [0, 0.05) is 14.8 Å². The number of ether oxygens (including phenoxy) is 1. The molecule has 0 N–H and O–H groups in total. The van der Waals surface area contributed by atoms with E-state index in [2.05, 4.69) is 0 Å². The van der Waals surface area contributed by atoms with E-state index in [-0.39, 0.29) is 5.02 Å². The van der Waals surface area contributed by atoms with Crippen molar-refractivity contribution in [2.45, 2.75) is 29.9 Å². The van der Waals surface area contributed by atoms with Crippen molar-refractivity contribution in [2.24, 2.45) is 0 Å². The maximum absolute atomic E-state index is 13.4. The second-order valence-electron chi connectivity index (χ2n) is 6.90. The van der Waals surface area contributed by atoms with Crippen LogP contribution in [-0.2, 0) is 18.6 Å². The van der Waals surface area contributed by atoms with Crippen LogP contribution in [0.25, 0.3) is 10.2 Å². The van der Waals surface area contributed by atoms with Gasteiger partial charge in [-0.1, -0.05) is 23.2 Å². The maximum atomic E-state index is 13.4. The third-order valence-electron chi connectivity index (χ3n) is 4.86. The number of benzene rings is 2. The molecule has 0 fully saturated rings. The summed E-state index contributed by atoms with van der Waals surface area (Å²) in [4.78, 5) is 12.9. The third-order valence-corrected chi connectivity index (χ3v) is 7.60. The predicted octanol–water partition coefficient (Wildman–Crippen LogP) is 7.71. The predicted molar refractivity (Wildman–Crippen MR) is 122 cm³/mol. The van der Waals surface area contributed by atoms with E-state index in [4.69, 9.17) is 37.9 Å². The smallest absolute Gasteiger partial charge is 0.231 e. The molecule has 0 amide bonds. The highest BCUT2D eigenvalue weighted by Crippen LogP contribution is 2.42. The van der Waals surface area contributed by atoms with E-state index < -0.39 is 5.82 Å². The zero-order valence-electron chi connectivity index (χ0n) is 15.6. The van der Waals surface area contributed by atoms with Gasteiger partial charge < -0.3 is 4.74 Å². The van der Waals surface area contributed by atoms with E-state index in [9.17, 15) is 4.39 Å². The molecular formula is C22H15Cl2FN2OS2. The molecule has 1 aliphatic carbocycles. The van der Waals surface area contributed by atoms with E-state index >= 15 is 0 Å². The van der Waals surface area contributed by atoms with E-state index in [1.807, 2.05) is 24.3 Å². The molecule has 0 spiro atoms. The molecule has 2 aromatic heterocycles. The first-order chi connectivity index (χ1) is 14.6. The Balaban J connectivity index is 1.52. The Morgan fingerprint density at radius 1 is 1.07 bits per heavy atom. The molecule has 5 rings (SSSR count). The lowest BCUT2D eigenvalue weighted by Gasteiger charge is -2.10. The molecule has 0 radical (unpaired) electrons. The van der Waals surface area contributed by atoms with Gasteiger partial charge in [0.15, 0.2) is 0 Å². The number of hydrogen-bond donors (Lipinski definition) is 0. The summed E-state index contributed by atoms with van der Waals surface area (Å²) < 4.78 is 19.5. The molecule has 30 heavy (non-hydrogen) atoms. The number of nitrogens with zero attached hydrogens (tertiary/aromatic N) is 2. The number of rotatable bonds is 5. The summed E-state index contributed by atoms with van der Waals surface area (Å²) in [6.07, 6.45) is 3.18. The largest absolute Gasteiger partial charge is 0.437 e. The van der Waals surface area contributed by atoms with Gasteiger partial charge in [-0.05, 0) is 67.3 Å². The highest BCUT2D eigenvalue weighted by Gasteiger charge is 2.24. The lowest BCUT2D eigenvalue weighted by Crippen LogP contribution is -1.98. The molecule has 0 aliphatic heterocycles. The van der Waals surface area contributed by atoms with E-state index in [0.29, 0.717) is 28.2 Å². The van der Waals surface area contributed by atoms with Crippen molar-refractivity contribution in [3.05, 3.63) is 74.6 Å². The molecular weight excluding hydrogens is 462 g/mol. The second kappa shape index (κ2) is 8.35. The minimum Gasteiger partial charge on any atom is -0.437 e. The maximum Gasteiger partial charge on any atom is 0.231 e. The summed E-state index contributed by atoms with van der Waals surface area (Å²) in [5.41, 5.74) is 1.26. The SMILES string of the molecule is Fc1ccc(Oc2nc(CSc3ccc(Cl)cc3)nc3sc4c(c23)CCC4)c(Cl)c1. The van der Waals surface area contributed by atoms with Crippen LogP contribution in [0.15, 0.2) is 47.4 Å². The highest BCUT2D eigenvalue weighted by atomic mass is 35.5. The van der Waals surface area contributed by atoms with Crippen molar-refractivity contribution < 1.29 is 9.13 Å². The fourth-order valence-corrected chi connectivity index (χ4v) is 5.84. The molecule has 0 unspecified atom stereocenters. The molecule has 0 saturated carbocycles. The Kier molecular flexibility index (Phi) is 5.58. The summed E-state index contributed by atoms with van der Waals surface area (Å²) in [5.74, 6) is 1.73. The van der Waals surface area contributed by atoms with Crippen molar-refractivity contribution in [2.75, 3.05) is 0 Å². The van der Waals surface area contributed by atoms with E-state index in [1.54, 1.807) is 23.1 Å². The molecule has 4 aromatic rings. The monoisotopic (exact) mass is 476 g/mol. The number of thiophene rings is 1. The van der Waals surface area contributed by atoms with Gasteiger partial charge in [-0.2, -0.15) is 4.98 Å². The van der Waals surface area contributed by atoms with Gasteiger partial charge in [-0.25, -0.2) is 9.37 Å². The zero-order chi connectivity index (χ0) is 20.7. The van der Waals surface area contributed by atoms with Crippen LogP contribution in [0.3, 0.4) is 0 Å². The molecule has 152 valence electrons. The standard InChI is InChI=1S/C22H15Cl2FN2OS2/c23-12-4-7-14(8-5-12)29-11-19-26-21(28-17-9-6-13(25)10-16(17)24)20-15-2-1-3-18(15)30-22(20)27-19/h4-10H,1-3,11H2. The van der Waals surface area contributed by atoms with E-state index in [1.165, 1.54) is 28.6 Å². The summed E-state index contributed by atoms with van der Waals surface area (Å²) in [5, 5.41) is 1.87. The number of halogens is 3. The van der Waals surface area contributed by atoms with Gasteiger partial charge >= 0.3 is 0 Å². The lowest BCUT2D eigenvalue weighted by atomic mass is 10.2. The second-order valence-corrected chi connectivity index (χ2v) is 9.88. The average Bonchev–Trinajstić information content (AvgIpc) is 3.30. The molecule has 8 heteroatoms. The summed E-state index contributed by atoms with van der Waals surface area (Å²) in [7, 11) is 0. The van der Waals surface area contributed by atoms with Crippen molar-refractivity contribution in [1.82, 2.24) is 9.97 Å². The van der Waals surface area contributed by atoms with Gasteiger partial charge in [-0.3, -0.25) is 0 Å². The Morgan fingerprint density at radius 2 is 1.90 bits per heavy atom. The first-order valence-electron chi connectivity index (χ1n) is 9.39. The van der Waals surface area contributed by atoms with Crippen LogP contribution in [-0.4, -0.2) is 9.97 Å². The van der Waals surface area contributed by atoms with Crippen molar-refractivity contribution >= 4 is 56.5 Å². The van der Waals surface area contributed by atoms with Crippen molar-refractivity contribution in [3.8, 4) is 11.6 Å². The zero-order valence-corrected chi connectivity index (χ0v) is 18.8. The van der Waals surface area contributed by atoms with Crippen LogP contribution in [0.4, 0.5) is 4.39 Å². The van der Waals surface area contributed by atoms with Crippen LogP contribution in [0.2, 0.25) is 10.0 Å². The summed E-state index contributed by atoms with van der Waals surface area (Å²) in [6.45, 7) is 0. The Labute approximate surface area is 191 Å². The molecule has 3 nitrogen and oxygen atoms in total. The lowest BCUT2D eigenvalue weighted by molar-refractivity contribution is 0.465. The van der Waals surface area contributed by atoms with Crippen LogP contribution in [0.1, 0.15) is 22.7 Å². The number of aryl methyl sites for hydroxylation is 2. The topological polar surface area (TPSA) is 35.0 Å². The minimum atomic E-state index is -0.406. The normalized spacial score (nSPS) is 13.0. The molecule has 0 bridgehead atoms. The first kappa shape index (κ1) is 20.1. The van der Waals surface area contributed by atoms with Gasteiger partial charge in [0.05, 0.1) is 16.2 Å². The van der Waals surface area contributed by atoms with Crippen LogP contribution in [0, 0.1) is 5.82 Å². The van der Waals surface area contributed by atoms with Gasteiger partial charge in [0.2, 0.25) is 5.88 Å². The molecule has 1 aliphatic rings. The van der Waals surface area contributed by atoms with Crippen molar-refractivity contribution in [1.29, 1.82) is 0 Å². The number of hydrogen-bond acceptors (Lipinski definition) is 5. The van der Waals surface area contributed by atoms with E-state index in [0.717, 1.165) is 34.4 Å². The van der Waals surface area contributed by atoms with Crippen LogP contribution in [0.5, 0.6) is 11.6 Å². The molecule has 2 heterocycles. The highest BCUT2D eigenvalue weighted by molar-refractivity contribution is 7.98. The van der Waals surface area contributed by atoms with Gasteiger partial charge in [0.1, 0.15) is 22.2 Å². The summed E-state index contributed by atoms with van der Waals surface area (Å²) in [6, 6.07) is 11.8. The fourth-order valence-electron chi connectivity index (χ4n) is 3.48. The van der Waals surface area contributed by atoms with Crippen molar-refractivity contribution in [3.63, 3.8) is 0 Å². The Bertz CT molecular complexity index is 1240. The molecule has 0 saturated heterocycles. The van der Waals surface area contributed by atoms with Crippen LogP contribution >= 0.6 is 46.3 Å². The summed E-state index contributed by atoms with van der Waals surface area (Å²) >= 11 is 15.5. The first-order valence-corrected chi connectivity index (χ1v) is 11.9. The number of aromatic nitrogens is 2. The average molecular weight is 477 g/mol. The Morgan fingerprint density at radius 3 is 2.70 bits per heavy atom. The Hall–Kier alpha value is -1.86. The van der Waals surface area contributed by atoms with Gasteiger partial charge in [-0.15, -0.1) is 23.1 Å². The van der Waals surface area contributed by atoms with Gasteiger partial charge in [0.25, 0.3) is 0 Å². The fraction of sp³-hybridized carbons (Fsp3) is 0.182. The molecule has 0 atom stereocenters. The minimum absolute atomic E-state index is 0.214. The third kappa shape index (κ3) is 4.02. The quantitative estimate of drug-likeness (QED) is 0.276. The van der Waals surface area contributed by atoms with Crippen LogP contribution < -0.4 is 4.74 Å². The number of fused-ring (bicyclic) bond motifs is 3.